The molecule has 160 valence electrons. The van der Waals surface area contributed by atoms with Gasteiger partial charge in [0.1, 0.15) is 0 Å². The Morgan fingerprint density at radius 1 is 0.893 bits per heavy atom. The molecule has 1 heteroatoms. The van der Waals surface area contributed by atoms with Crippen LogP contribution in [0.2, 0.25) is 0 Å². The van der Waals surface area contributed by atoms with Crippen LogP contribution in [0.5, 0.6) is 0 Å². The lowest BCUT2D eigenvalue weighted by atomic mass is 9.44. The minimum atomic E-state index is -0.0159. The summed E-state index contributed by atoms with van der Waals surface area (Å²) in [6.45, 7) is 12.4. The number of fused-ring (bicyclic) bond motifs is 5. The van der Waals surface area contributed by atoms with Crippen LogP contribution in [0.4, 0.5) is 0 Å². The maximum absolute atomic E-state index is 10.2. The fourth-order valence-corrected chi connectivity index (χ4v) is 8.84. The van der Waals surface area contributed by atoms with Crippen LogP contribution in [0.1, 0.15) is 98.8 Å². The maximum atomic E-state index is 10.2. The van der Waals surface area contributed by atoms with Gasteiger partial charge in [-0.25, -0.2) is 0 Å². The van der Waals surface area contributed by atoms with Gasteiger partial charge in [0.15, 0.2) is 0 Å². The molecule has 9 atom stereocenters. The van der Waals surface area contributed by atoms with E-state index in [2.05, 4.69) is 46.8 Å². The highest BCUT2D eigenvalue weighted by atomic mass is 16.3. The molecule has 0 aromatic carbocycles. The average Bonchev–Trinajstić information content (AvgIpc) is 2.99. The summed E-state index contributed by atoms with van der Waals surface area (Å²) in [4.78, 5) is 0. The molecule has 0 aromatic heterocycles. The Kier molecular flexibility index (Phi) is 5.80. The zero-order valence-electron chi connectivity index (χ0n) is 19.3. The standard InChI is InChI=1S/C27H46O/c1-18(2)7-6-8-19(3)23-11-12-24-22-10-9-20-17-21(28)13-15-26(20,4)25(22)14-16-27(23,24)5/h6,8,18-25,28H,7,9-17H2,1-5H3/b8-6+/t19?,20-,21+,22?,23?,24?,25?,26?,27?/m0/s1. The quantitative estimate of drug-likeness (QED) is 0.505. The molecule has 4 aliphatic carbocycles. The number of aliphatic hydroxyl groups is 1. The van der Waals surface area contributed by atoms with Crippen LogP contribution >= 0.6 is 0 Å². The molecule has 4 rings (SSSR count). The van der Waals surface area contributed by atoms with Crippen molar-refractivity contribution in [3.63, 3.8) is 0 Å². The van der Waals surface area contributed by atoms with Crippen molar-refractivity contribution in [3.8, 4) is 0 Å². The highest BCUT2D eigenvalue weighted by molar-refractivity contribution is 5.11. The van der Waals surface area contributed by atoms with E-state index < -0.39 is 0 Å². The van der Waals surface area contributed by atoms with Crippen molar-refractivity contribution in [1.29, 1.82) is 0 Å². The van der Waals surface area contributed by atoms with Gasteiger partial charge in [-0.3, -0.25) is 0 Å². The normalized spacial score (nSPS) is 49.7. The first kappa shape index (κ1) is 21.0. The molecule has 0 aliphatic heterocycles. The van der Waals surface area contributed by atoms with Gasteiger partial charge in [-0.15, -0.1) is 0 Å². The van der Waals surface area contributed by atoms with Crippen LogP contribution < -0.4 is 0 Å². The van der Waals surface area contributed by atoms with Gasteiger partial charge in [-0.05, 0) is 116 Å². The molecular weight excluding hydrogens is 340 g/mol. The Morgan fingerprint density at radius 2 is 1.61 bits per heavy atom. The molecule has 4 saturated carbocycles. The second-order valence-corrected chi connectivity index (χ2v) is 12.2. The van der Waals surface area contributed by atoms with E-state index in [1.807, 2.05) is 0 Å². The summed E-state index contributed by atoms with van der Waals surface area (Å²) >= 11 is 0. The summed E-state index contributed by atoms with van der Waals surface area (Å²) in [5, 5.41) is 10.2. The molecule has 0 aromatic rings. The second kappa shape index (κ2) is 7.75. The summed E-state index contributed by atoms with van der Waals surface area (Å²) < 4.78 is 0. The number of aliphatic hydroxyl groups excluding tert-OH is 1. The van der Waals surface area contributed by atoms with Gasteiger partial charge in [-0.2, -0.15) is 0 Å². The Labute approximate surface area is 174 Å². The number of hydrogen-bond acceptors (Lipinski definition) is 1. The lowest BCUT2D eigenvalue weighted by Gasteiger charge is -2.61. The van der Waals surface area contributed by atoms with E-state index in [-0.39, 0.29) is 6.10 Å². The third kappa shape index (κ3) is 3.42. The van der Waals surface area contributed by atoms with Crippen LogP contribution in [0.15, 0.2) is 12.2 Å². The van der Waals surface area contributed by atoms with Crippen molar-refractivity contribution in [1.82, 2.24) is 0 Å². The Bertz CT molecular complexity index is 579. The second-order valence-electron chi connectivity index (χ2n) is 12.2. The van der Waals surface area contributed by atoms with Crippen LogP contribution in [-0.2, 0) is 0 Å². The van der Waals surface area contributed by atoms with E-state index in [1.54, 1.807) is 0 Å². The molecule has 4 fully saturated rings. The molecule has 4 aliphatic rings. The molecule has 28 heavy (non-hydrogen) atoms. The molecule has 0 saturated heterocycles. The predicted molar refractivity (Wildman–Crippen MR) is 119 cm³/mol. The zero-order valence-corrected chi connectivity index (χ0v) is 19.3. The zero-order chi connectivity index (χ0) is 20.1. The lowest BCUT2D eigenvalue weighted by molar-refractivity contribution is -0.128. The van der Waals surface area contributed by atoms with E-state index in [4.69, 9.17) is 0 Å². The van der Waals surface area contributed by atoms with Gasteiger partial charge >= 0.3 is 0 Å². The van der Waals surface area contributed by atoms with Crippen molar-refractivity contribution >= 4 is 0 Å². The van der Waals surface area contributed by atoms with Gasteiger partial charge in [-0.1, -0.05) is 46.8 Å². The first-order valence-electron chi connectivity index (χ1n) is 12.6. The van der Waals surface area contributed by atoms with Crippen molar-refractivity contribution < 1.29 is 5.11 Å². The van der Waals surface area contributed by atoms with Crippen molar-refractivity contribution in [3.05, 3.63) is 12.2 Å². The first-order chi connectivity index (χ1) is 13.3. The summed E-state index contributed by atoms with van der Waals surface area (Å²) in [7, 11) is 0. The minimum Gasteiger partial charge on any atom is -0.393 e. The number of rotatable bonds is 4. The SMILES string of the molecule is CC(C)C/C=C/C(C)C1CCC2C3CC[C@H]4C[C@H](O)CCC4(C)C3CCC12C. The summed E-state index contributed by atoms with van der Waals surface area (Å²) in [5.41, 5.74) is 1.09. The highest BCUT2D eigenvalue weighted by Crippen LogP contribution is 2.68. The van der Waals surface area contributed by atoms with Crippen LogP contribution in [0.3, 0.4) is 0 Å². The fraction of sp³-hybridized carbons (Fsp3) is 0.926. The molecule has 1 nitrogen and oxygen atoms in total. The van der Waals surface area contributed by atoms with Gasteiger partial charge < -0.3 is 5.11 Å². The van der Waals surface area contributed by atoms with Gasteiger partial charge in [0.2, 0.25) is 0 Å². The summed E-state index contributed by atoms with van der Waals surface area (Å²) in [6.07, 6.45) is 18.3. The third-order valence-electron chi connectivity index (χ3n) is 10.4. The molecule has 7 unspecified atom stereocenters. The van der Waals surface area contributed by atoms with E-state index in [1.165, 1.54) is 51.4 Å². The minimum absolute atomic E-state index is 0.0159. The summed E-state index contributed by atoms with van der Waals surface area (Å²) in [6, 6.07) is 0. The van der Waals surface area contributed by atoms with Gasteiger partial charge in [0, 0.05) is 0 Å². The fourth-order valence-electron chi connectivity index (χ4n) is 8.84. The molecular formula is C27H46O. The summed E-state index contributed by atoms with van der Waals surface area (Å²) in [5.74, 6) is 6.05. The highest BCUT2D eigenvalue weighted by Gasteiger charge is 2.60. The molecule has 0 spiro atoms. The molecule has 0 radical (unpaired) electrons. The van der Waals surface area contributed by atoms with Gasteiger partial charge in [0.05, 0.1) is 6.10 Å². The number of allylic oxidation sites excluding steroid dienone is 2. The van der Waals surface area contributed by atoms with Gasteiger partial charge in [0.25, 0.3) is 0 Å². The Hall–Kier alpha value is -0.300. The lowest BCUT2D eigenvalue weighted by Crippen LogP contribution is -2.54. The Balaban J connectivity index is 1.50. The third-order valence-corrected chi connectivity index (χ3v) is 10.4. The van der Waals surface area contributed by atoms with E-state index in [9.17, 15) is 5.11 Å². The van der Waals surface area contributed by atoms with Crippen LogP contribution in [0.25, 0.3) is 0 Å². The molecule has 1 N–H and O–H groups in total. The predicted octanol–water partition coefficient (Wildman–Crippen LogP) is 7.24. The molecule has 0 heterocycles. The van der Waals surface area contributed by atoms with Crippen LogP contribution in [-0.4, -0.2) is 11.2 Å². The van der Waals surface area contributed by atoms with Crippen molar-refractivity contribution in [2.45, 2.75) is 105 Å². The molecule has 0 amide bonds. The average molecular weight is 387 g/mol. The topological polar surface area (TPSA) is 20.2 Å². The van der Waals surface area contributed by atoms with E-state index in [0.29, 0.717) is 10.8 Å². The van der Waals surface area contributed by atoms with E-state index in [0.717, 1.165) is 54.3 Å². The van der Waals surface area contributed by atoms with Crippen molar-refractivity contribution in [2.75, 3.05) is 0 Å². The Morgan fingerprint density at radius 3 is 2.36 bits per heavy atom. The largest absolute Gasteiger partial charge is 0.393 e. The monoisotopic (exact) mass is 386 g/mol. The maximum Gasteiger partial charge on any atom is 0.0543 e. The first-order valence-corrected chi connectivity index (χ1v) is 12.6. The van der Waals surface area contributed by atoms with E-state index >= 15 is 0 Å². The van der Waals surface area contributed by atoms with Crippen molar-refractivity contribution in [2.24, 2.45) is 52.3 Å². The number of hydrogen-bond donors (Lipinski definition) is 1. The molecule has 0 bridgehead atoms. The smallest absolute Gasteiger partial charge is 0.0543 e. The van der Waals surface area contributed by atoms with Crippen LogP contribution in [0, 0.1) is 52.3 Å².